The van der Waals surface area contributed by atoms with Gasteiger partial charge in [-0.3, -0.25) is 4.79 Å². The molecule has 0 saturated heterocycles. The van der Waals surface area contributed by atoms with Gasteiger partial charge in [0, 0.05) is 18.8 Å². The lowest BCUT2D eigenvalue weighted by molar-refractivity contribution is 0.0927. The molecule has 0 atom stereocenters. The first-order chi connectivity index (χ1) is 7.36. The number of amides is 1. The molecule has 1 aromatic rings. The molecule has 15 heavy (non-hydrogen) atoms. The summed E-state index contributed by atoms with van der Waals surface area (Å²) >= 11 is 0. The SMILES string of the molecule is O=C1NCCn2c1cc1c2CCCCC1. The monoisotopic (exact) mass is 204 g/mol. The van der Waals surface area contributed by atoms with E-state index in [-0.39, 0.29) is 5.91 Å². The number of carbonyl (C=O) groups is 1. The smallest absolute Gasteiger partial charge is 0.267 e. The number of carbonyl (C=O) groups excluding carboxylic acids is 1. The standard InChI is InChI=1S/C12H16N2O/c15-12-11-8-9-4-2-1-3-5-10(9)14(11)7-6-13-12/h8H,1-7H2,(H,13,15). The van der Waals surface area contributed by atoms with Crippen LogP contribution < -0.4 is 5.32 Å². The van der Waals surface area contributed by atoms with Gasteiger partial charge in [0.25, 0.3) is 5.91 Å². The van der Waals surface area contributed by atoms with E-state index in [1.807, 2.05) is 0 Å². The number of hydrogen-bond acceptors (Lipinski definition) is 1. The van der Waals surface area contributed by atoms with Crippen LogP contribution in [0, 0.1) is 0 Å². The van der Waals surface area contributed by atoms with E-state index in [2.05, 4.69) is 16.0 Å². The van der Waals surface area contributed by atoms with E-state index in [1.165, 1.54) is 30.5 Å². The molecule has 3 heteroatoms. The molecule has 0 spiro atoms. The van der Waals surface area contributed by atoms with E-state index in [0.717, 1.165) is 31.6 Å². The normalized spacial score (nSPS) is 20.1. The molecule has 2 heterocycles. The molecular weight excluding hydrogens is 188 g/mol. The number of fused-ring (bicyclic) bond motifs is 3. The Morgan fingerprint density at radius 1 is 1.20 bits per heavy atom. The Kier molecular flexibility index (Phi) is 2.04. The second-order valence-corrected chi connectivity index (χ2v) is 4.47. The van der Waals surface area contributed by atoms with Crippen molar-refractivity contribution < 1.29 is 4.79 Å². The molecule has 0 aromatic carbocycles. The fourth-order valence-electron chi connectivity index (χ4n) is 2.76. The van der Waals surface area contributed by atoms with Crippen molar-refractivity contribution in [3.8, 4) is 0 Å². The summed E-state index contributed by atoms with van der Waals surface area (Å²) in [7, 11) is 0. The molecule has 0 radical (unpaired) electrons. The van der Waals surface area contributed by atoms with E-state index < -0.39 is 0 Å². The van der Waals surface area contributed by atoms with Crippen LogP contribution in [0.3, 0.4) is 0 Å². The maximum atomic E-state index is 11.7. The molecule has 3 nitrogen and oxygen atoms in total. The molecule has 1 aromatic heterocycles. The van der Waals surface area contributed by atoms with Crippen molar-refractivity contribution in [3.63, 3.8) is 0 Å². The van der Waals surface area contributed by atoms with Crippen LogP contribution in [0.25, 0.3) is 0 Å². The third-order valence-electron chi connectivity index (χ3n) is 3.51. The van der Waals surface area contributed by atoms with Crippen LogP contribution in [0.2, 0.25) is 0 Å². The number of aryl methyl sites for hydroxylation is 1. The average Bonchev–Trinajstić information content (AvgIpc) is 2.45. The molecule has 0 fully saturated rings. The average molecular weight is 204 g/mol. The van der Waals surface area contributed by atoms with E-state index in [0.29, 0.717) is 0 Å². The van der Waals surface area contributed by atoms with E-state index in [9.17, 15) is 4.79 Å². The Labute approximate surface area is 89.5 Å². The number of nitrogens with zero attached hydrogens (tertiary/aromatic N) is 1. The summed E-state index contributed by atoms with van der Waals surface area (Å²) in [5.41, 5.74) is 3.73. The Hall–Kier alpha value is -1.25. The maximum absolute atomic E-state index is 11.7. The number of rotatable bonds is 0. The lowest BCUT2D eigenvalue weighted by Gasteiger charge is -2.18. The first kappa shape index (κ1) is 9.01. The van der Waals surface area contributed by atoms with Gasteiger partial charge in [-0.05, 0) is 37.3 Å². The van der Waals surface area contributed by atoms with Crippen molar-refractivity contribution in [2.75, 3.05) is 6.54 Å². The largest absolute Gasteiger partial charge is 0.349 e. The van der Waals surface area contributed by atoms with Gasteiger partial charge in [0.2, 0.25) is 0 Å². The van der Waals surface area contributed by atoms with Crippen molar-refractivity contribution in [2.45, 2.75) is 38.6 Å². The highest BCUT2D eigenvalue weighted by Gasteiger charge is 2.23. The molecular formula is C12H16N2O. The topological polar surface area (TPSA) is 34.0 Å². The van der Waals surface area contributed by atoms with Crippen molar-refractivity contribution in [1.29, 1.82) is 0 Å². The number of nitrogens with one attached hydrogen (secondary N) is 1. The van der Waals surface area contributed by atoms with Crippen molar-refractivity contribution in [3.05, 3.63) is 23.0 Å². The van der Waals surface area contributed by atoms with Gasteiger partial charge in [0.05, 0.1) is 0 Å². The fourth-order valence-corrected chi connectivity index (χ4v) is 2.76. The summed E-state index contributed by atoms with van der Waals surface area (Å²) < 4.78 is 2.24. The Balaban J connectivity index is 2.09. The van der Waals surface area contributed by atoms with Crippen LogP contribution in [0.4, 0.5) is 0 Å². The van der Waals surface area contributed by atoms with Crippen LogP contribution >= 0.6 is 0 Å². The Morgan fingerprint density at radius 3 is 3.00 bits per heavy atom. The first-order valence-corrected chi connectivity index (χ1v) is 5.86. The molecule has 0 unspecified atom stereocenters. The minimum absolute atomic E-state index is 0.106. The zero-order valence-electron chi connectivity index (χ0n) is 8.88. The molecule has 1 N–H and O–H groups in total. The highest BCUT2D eigenvalue weighted by Crippen LogP contribution is 2.25. The number of aromatic nitrogens is 1. The Morgan fingerprint density at radius 2 is 2.07 bits per heavy atom. The summed E-state index contributed by atoms with van der Waals surface area (Å²) in [6.45, 7) is 1.74. The summed E-state index contributed by atoms with van der Waals surface area (Å²) in [4.78, 5) is 11.7. The minimum Gasteiger partial charge on any atom is -0.349 e. The highest BCUT2D eigenvalue weighted by atomic mass is 16.2. The van der Waals surface area contributed by atoms with Crippen LogP contribution in [0.15, 0.2) is 6.07 Å². The van der Waals surface area contributed by atoms with Crippen molar-refractivity contribution in [1.82, 2.24) is 9.88 Å². The zero-order chi connectivity index (χ0) is 10.3. The number of hydrogen-bond donors (Lipinski definition) is 1. The van der Waals surface area contributed by atoms with Crippen LogP contribution in [-0.2, 0) is 19.4 Å². The van der Waals surface area contributed by atoms with E-state index >= 15 is 0 Å². The first-order valence-electron chi connectivity index (χ1n) is 5.86. The highest BCUT2D eigenvalue weighted by molar-refractivity contribution is 5.93. The van der Waals surface area contributed by atoms with Gasteiger partial charge in [-0.1, -0.05) is 6.42 Å². The molecule has 1 amide bonds. The minimum atomic E-state index is 0.106. The molecule has 0 bridgehead atoms. The fraction of sp³-hybridized carbons (Fsp3) is 0.583. The molecule has 0 saturated carbocycles. The molecule has 1 aliphatic carbocycles. The predicted octanol–water partition coefficient (Wildman–Crippen LogP) is 1.50. The quantitative estimate of drug-likeness (QED) is 0.638. The summed E-state index contributed by atoms with van der Waals surface area (Å²) in [5, 5.41) is 2.90. The van der Waals surface area contributed by atoms with Gasteiger partial charge in [-0.15, -0.1) is 0 Å². The van der Waals surface area contributed by atoms with Gasteiger partial charge in [0.1, 0.15) is 5.69 Å². The molecule has 80 valence electrons. The van der Waals surface area contributed by atoms with Crippen LogP contribution in [0.1, 0.15) is 41.0 Å². The summed E-state index contributed by atoms with van der Waals surface area (Å²) in [5.74, 6) is 0.106. The van der Waals surface area contributed by atoms with Gasteiger partial charge in [-0.2, -0.15) is 0 Å². The predicted molar refractivity (Wildman–Crippen MR) is 58.0 cm³/mol. The maximum Gasteiger partial charge on any atom is 0.267 e. The van der Waals surface area contributed by atoms with E-state index in [1.54, 1.807) is 0 Å². The van der Waals surface area contributed by atoms with Crippen LogP contribution in [0.5, 0.6) is 0 Å². The second kappa shape index (κ2) is 3.40. The van der Waals surface area contributed by atoms with Gasteiger partial charge in [-0.25, -0.2) is 0 Å². The third-order valence-corrected chi connectivity index (χ3v) is 3.51. The summed E-state index contributed by atoms with van der Waals surface area (Å²) in [6, 6.07) is 2.11. The molecule has 1 aliphatic heterocycles. The van der Waals surface area contributed by atoms with Crippen molar-refractivity contribution in [2.24, 2.45) is 0 Å². The lowest BCUT2D eigenvalue weighted by atomic mass is 10.1. The van der Waals surface area contributed by atoms with E-state index in [4.69, 9.17) is 0 Å². The Bertz CT molecular complexity index is 406. The third kappa shape index (κ3) is 1.37. The zero-order valence-corrected chi connectivity index (χ0v) is 8.88. The molecule has 3 rings (SSSR count). The summed E-state index contributed by atoms with van der Waals surface area (Å²) in [6.07, 6.45) is 6.19. The van der Waals surface area contributed by atoms with Gasteiger partial charge >= 0.3 is 0 Å². The molecule has 2 aliphatic rings. The lowest BCUT2D eigenvalue weighted by Crippen LogP contribution is -2.35. The van der Waals surface area contributed by atoms with Gasteiger partial charge < -0.3 is 9.88 Å². The van der Waals surface area contributed by atoms with Gasteiger partial charge in [0.15, 0.2) is 0 Å². The van der Waals surface area contributed by atoms with Crippen LogP contribution in [-0.4, -0.2) is 17.0 Å². The second-order valence-electron chi connectivity index (χ2n) is 4.47. The van der Waals surface area contributed by atoms with Crippen molar-refractivity contribution >= 4 is 5.91 Å².